The largest absolute Gasteiger partial charge is 0.494 e. The average molecular weight is 386 g/mol. The van der Waals surface area contributed by atoms with Gasteiger partial charge in [-0.25, -0.2) is 8.42 Å². The molecule has 2 heterocycles. The lowest BCUT2D eigenvalue weighted by molar-refractivity contribution is 0.103. The molecule has 140 valence electrons. The van der Waals surface area contributed by atoms with Gasteiger partial charge in [0.15, 0.2) is 15.6 Å². The number of aromatic nitrogens is 1. The maximum absolute atomic E-state index is 13.0. The zero-order chi connectivity index (χ0) is 19.9. The summed E-state index contributed by atoms with van der Waals surface area (Å²) >= 11 is 0. The third-order valence-corrected chi connectivity index (χ3v) is 6.61. The molecule has 1 aromatic carbocycles. The van der Waals surface area contributed by atoms with Gasteiger partial charge in [-0.15, -0.1) is 0 Å². The maximum Gasteiger partial charge on any atom is 0.271 e. The average Bonchev–Trinajstić information content (AvgIpc) is 2.95. The van der Waals surface area contributed by atoms with Crippen LogP contribution in [-0.2, 0) is 9.84 Å². The Balaban J connectivity index is 2.24. The molecule has 1 aromatic heterocycles. The fourth-order valence-corrected chi connectivity index (χ4v) is 5.06. The molecule has 0 saturated carbocycles. The van der Waals surface area contributed by atoms with E-state index in [1.807, 2.05) is 6.92 Å². The summed E-state index contributed by atoms with van der Waals surface area (Å²) < 4.78 is 24.5. The van der Waals surface area contributed by atoms with Gasteiger partial charge >= 0.3 is 0 Å². The minimum absolute atomic E-state index is 0.0858. The zero-order valence-electron chi connectivity index (χ0n) is 14.9. The number of benzene rings is 1. The number of hydrogen-bond donors (Lipinski definition) is 1. The lowest BCUT2D eigenvalue weighted by Crippen LogP contribution is -2.30. The molecule has 8 heteroatoms. The lowest BCUT2D eigenvalue weighted by atomic mass is 9.96. The van der Waals surface area contributed by atoms with E-state index in [2.05, 4.69) is 0 Å². The number of aromatic hydroxyl groups is 1. The van der Waals surface area contributed by atoms with Crippen molar-refractivity contribution in [1.82, 2.24) is 4.57 Å². The summed E-state index contributed by atoms with van der Waals surface area (Å²) in [5.41, 5.74) is 0.128. The van der Waals surface area contributed by atoms with Gasteiger partial charge in [0.25, 0.3) is 5.56 Å². The number of rotatable bonds is 3. The second kappa shape index (κ2) is 6.67. The van der Waals surface area contributed by atoms with Crippen molar-refractivity contribution in [3.05, 3.63) is 62.4 Å². The van der Waals surface area contributed by atoms with Crippen LogP contribution in [-0.4, -0.2) is 35.4 Å². The summed E-state index contributed by atoms with van der Waals surface area (Å²) in [5.74, 6) is -1.55. The quantitative estimate of drug-likeness (QED) is 0.801. The summed E-state index contributed by atoms with van der Waals surface area (Å²) in [6.45, 7) is 3.29. The van der Waals surface area contributed by atoms with Crippen molar-refractivity contribution in [2.45, 2.75) is 26.3 Å². The number of aryl methyl sites for hydroxylation is 1. The van der Waals surface area contributed by atoms with Crippen LogP contribution in [0.15, 0.2) is 29.1 Å². The first kappa shape index (κ1) is 18.9. The van der Waals surface area contributed by atoms with E-state index in [-0.39, 0.29) is 34.6 Å². The molecule has 27 heavy (non-hydrogen) atoms. The van der Waals surface area contributed by atoms with Gasteiger partial charge < -0.3 is 5.11 Å². The van der Waals surface area contributed by atoms with E-state index in [0.29, 0.717) is 5.56 Å². The molecule has 0 amide bonds. The zero-order valence-corrected chi connectivity index (χ0v) is 15.7. The molecule has 1 N–H and O–H groups in total. The Morgan fingerprint density at radius 2 is 1.89 bits per heavy atom. The van der Waals surface area contributed by atoms with Crippen molar-refractivity contribution >= 4 is 15.6 Å². The molecule has 1 fully saturated rings. The van der Waals surface area contributed by atoms with Crippen molar-refractivity contribution in [3.8, 4) is 11.9 Å². The summed E-state index contributed by atoms with van der Waals surface area (Å²) in [4.78, 5) is 25.6. The third kappa shape index (κ3) is 3.26. The van der Waals surface area contributed by atoms with Crippen molar-refractivity contribution in [3.63, 3.8) is 0 Å². The van der Waals surface area contributed by atoms with E-state index in [1.165, 1.54) is 6.92 Å². The molecule has 1 saturated heterocycles. The second-order valence-electron chi connectivity index (χ2n) is 6.74. The van der Waals surface area contributed by atoms with Crippen LogP contribution in [0.25, 0.3) is 0 Å². The number of nitrogens with zero attached hydrogens (tertiary/aromatic N) is 2. The molecule has 1 atom stereocenters. The maximum atomic E-state index is 13.0. The van der Waals surface area contributed by atoms with Crippen molar-refractivity contribution in [2.75, 3.05) is 11.5 Å². The third-order valence-electron chi connectivity index (χ3n) is 4.86. The fourth-order valence-electron chi connectivity index (χ4n) is 3.36. The molecule has 0 aliphatic carbocycles. The lowest BCUT2D eigenvalue weighted by Gasteiger charge is -2.19. The van der Waals surface area contributed by atoms with Gasteiger partial charge in [0.05, 0.1) is 23.1 Å². The molecule has 7 nitrogen and oxygen atoms in total. The summed E-state index contributed by atoms with van der Waals surface area (Å²) in [7, 11) is -3.34. The monoisotopic (exact) mass is 386 g/mol. The smallest absolute Gasteiger partial charge is 0.271 e. The number of hydrogen-bond acceptors (Lipinski definition) is 6. The van der Waals surface area contributed by atoms with Crippen LogP contribution in [0.4, 0.5) is 0 Å². The van der Waals surface area contributed by atoms with Crippen LogP contribution in [0.3, 0.4) is 0 Å². The predicted molar refractivity (Wildman–Crippen MR) is 98.7 cm³/mol. The van der Waals surface area contributed by atoms with Crippen LogP contribution in [0.2, 0.25) is 0 Å². The molecule has 0 radical (unpaired) electrons. The first-order valence-electron chi connectivity index (χ1n) is 8.36. The molecular weight excluding hydrogens is 368 g/mol. The van der Waals surface area contributed by atoms with Gasteiger partial charge in [0.1, 0.15) is 11.6 Å². The van der Waals surface area contributed by atoms with Crippen LogP contribution in [0.1, 0.15) is 45.1 Å². The molecule has 2 aromatic rings. The van der Waals surface area contributed by atoms with Crippen LogP contribution >= 0.6 is 0 Å². The number of pyridine rings is 1. The molecule has 0 spiro atoms. The van der Waals surface area contributed by atoms with Gasteiger partial charge in [0.2, 0.25) is 5.88 Å². The van der Waals surface area contributed by atoms with Crippen molar-refractivity contribution in [1.29, 1.82) is 5.26 Å². The minimum Gasteiger partial charge on any atom is -0.494 e. The molecule has 0 unspecified atom stereocenters. The highest BCUT2D eigenvalue weighted by atomic mass is 32.2. The number of sulfone groups is 1. The Bertz CT molecular complexity index is 1140. The molecule has 1 aliphatic rings. The Morgan fingerprint density at radius 1 is 1.26 bits per heavy atom. The highest BCUT2D eigenvalue weighted by Crippen LogP contribution is 2.31. The molecule has 0 bridgehead atoms. The van der Waals surface area contributed by atoms with Crippen LogP contribution < -0.4 is 5.56 Å². The highest BCUT2D eigenvalue weighted by molar-refractivity contribution is 7.91. The highest BCUT2D eigenvalue weighted by Gasteiger charge is 2.34. The molecular formula is C19H18N2O5S. The van der Waals surface area contributed by atoms with E-state index in [4.69, 9.17) is 0 Å². The standard InChI is InChI=1S/C19H18N2O5S/c1-11-3-5-13(6-4-11)17(22)16-12(2)15(9-20)18(23)21(19(16)24)14-7-8-27(25,26)10-14/h3-6,14,24H,7-8,10H2,1-2H3/t14-/m1/s1. The number of ketones is 1. The van der Waals surface area contributed by atoms with Crippen molar-refractivity contribution < 1.29 is 18.3 Å². The second-order valence-corrected chi connectivity index (χ2v) is 8.97. The van der Waals surface area contributed by atoms with Crippen molar-refractivity contribution in [2.24, 2.45) is 0 Å². The summed E-state index contributed by atoms with van der Waals surface area (Å²) in [5, 5.41) is 20.1. The van der Waals surface area contributed by atoms with Gasteiger partial charge in [-0.2, -0.15) is 5.26 Å². The normalized spacial score (nSPS) is 18.2. The van der Waals surface area contributed by atoms with Crippen LogP contribution in [0.5, 0.6) is 5.88 Å². The van der Waals surface area contributed by atoms with E-state index in [1.54, 1.807) is 30.3 Å². The SMILES string of the molecule is Cc1ccc(C(=O)c2c(C)c(C#N)c(=O)n([C@@H]3CCS(=O)(=O)C3)c2O)cc1. The minimum atomic E-state index is -3.34. The summed E-state index contributed by atoms with van der Waals surface area (Å²) in [6.07, 6.45) is 0.141. The number of carbonyl (C=O) groups excluding carboxylic acids is 1. The van der Waals surface area contributed by atoms with Gasteiger partial charge in [0, 0.05) is 5.56 Å². The predicted octanol–water partition coefficient (Wildman–Crippen LogP) is 1.63. The topological polar surface area (TPSA) is 117 Å². The molecule has 3 rings (SSSR count). The first-order chi connectivity index (χ1) is 12.7. The molecule has 1 aliphatic heterocycles. The van der Waals surface area contributed by atoms with E-state index in [0.717, 1.165) is 10.1 Å². The number of carbonyl (C=O) groups is 1. The van der Waals surface area contributed by atoms with Gasteiger partial charge in [-0.1, -0.05) is 29.8 Å². The van der Waals surface area contributed by atoms with E-state index >= 15 is 0 Å². The number of nitriles is 1. The van der Waals surface area contributed by atoms with Gasteiger partial charge in [-0.05, 0) is 25.8 Å². The Labute approximate surface area is 156 Å². The van der Waals surface area contributed by atoms with E-state index < -0.39 is 33.1 Å². The summed E-state index contributed by atoms with van der Waals surface area (Å²) in [6, 6.07) is 7.65. The fraction of sp³-hybridized carbons (Fsp3) is 0.316. The van der Waals surface area contributed by atoms with Gasteiger partial charge in [-0.3, -0.25) is 14.2 Å². The Hall–Kier alpha value is -2.92. The van der Waals surface area contributed by atoms with E-state index in [9.17, 15) is 28.4 Å². The van der Waals surface area contributed by atoms with Crippen LogP contribution in [0, 0.1) is 25.2 Å². The first-order valence-corrected chi connectivity index (χ1v) is 10.2. The Kier molecular flexibility index (Phi) is 4.66. The Morgan fingerprint density at radius 3 is 2.41 bits per heavy atom.